The van der Waals surface area contributed by atoms with E-state index in [0.29, 0.717) is 11.4 Å². The van der Waals surface area contributed by atoms with Crippen LogP contribution >= 0.6 is 0 Å². The van der Waals surface area contributed by atoms with Gasteiger partial charge in [0.2, 0.25) is 11.8 Å². The highest BCUT2D eigenvalue weighted by molar-refractivity contribution is 5.94. The summed E-state index contributed by atoms with van der Waals surface area (Å²) >= 11 is 0. The number of nitrogens with one attached hydrogen (secondary N) is 3. The predicted molar refractivity (Wildman–Crippen MR) is 100 cm³/mol. The molecule has 0 fully saturated rings. The minimum Gasteiger partial charge on any atom is -0.497 e. The molecular weight excluding hydrogens is 318 g/mol. The van der Waals surface area contributed by atoms with Crippen LogP contribution in [0.25, 0.3) is 0 Å². The molecule has 2 aromatic carbocycles. The van der Waals surface area contributed by atoms with Gasteiger partial charge in [-0.2, -0.15) is 0 Å². The van der Waals surface area contributed by atoms with E-state index >= 15 is 0 Å². The van der Waals surface area contributed by atoms with Gasteiger partial charge in [-0.25, -0.2) is 0 Å². The summed E-state index contributed by atoms with van der Waals surface area (Å²) in [7, 11) is 1.59. The average Bonchev–Trinajstić information content (AvgIpc) is 2.61. The third-order valence-electron chi connectivity index (χ3n) is 3.48. The highest BCUT2D eigenvalue weighted by atomic mass is 16.5. The summed E-state index contributed by atoms with van der Waals surface area (Å²) in [6, 6.07) is 14.4. The van der Waals surface area contributed by atoms with Gasteiger partial charge in [0, 0.05) is 23.0 Å². The van der Waals surface area contributed by atoms with Crippen molar-refractivity contribution in [3.63, 3.8) is 0 Å². The SMILES string of the molecule is COc1ccc(NC(=O)CNc2cccc(NC(=O)C(C)C)c2)cc1. The zero-order chi connectivity index (χ0) is 18.2. The van der Waals surface area contributed by atoms with Crippen LogP contribution in [0.15, 0.2) is 48.5 Å². The first kappa shape index (κ1) is 18.3. The van der Waals surface area contributed by atoms with Crippen LogP contribution in [0.5, 0.6) is 5.75 Å². The van der Waals surface area contributed by atoms with Crippen LogP contribution in [-0.4, -0.2) is 25.5 Å². The number of anilines is 3. The third kappa shape index (κ3) is 5.84. The Morgan fingerprint density at radius 1 is 0.960 bits per heavy atom. The van der Waals surface area contributed by atoms with Crippen LogP contribution in [0.1, 0.15) is 13.8 Å². The minimum atomic E-state index is -0.165. The number of ether oxygens (including phenoxy) is 1. The summed E-state index contributed by atoms with van der Waals surface area (Å²) in [5.41, 5.74) is 2.15. The highest BCUT2D eigenvalue weighted by Crippen LogP contribution is 2.17. The molecule has 0 aliphatic carbocycles. The quantitative estimate of drug-likeness (QED) is 0.722. The van der Waals surface area contributed by atoms with Gasteiger partial charge in [0.05, 0.1) is 13.7 Å². The standard InChI is InChI=1S/C19H23N3O3/c1-13(2)19(24)22-16-6-4-5-15(11-16)20-12-18(23)21-14-7-9-17(25-3)10-8-14/h4-11,13,20H,12H2,1-3H3,(H,21,23)(H,22,24). The monoisotopic (exact) mass is 341 g/mol. The molecule has 132 valence electrons. The molecule has 0 saturated heterocycles. The Morgan fingerprint density at radius 2 is 1.64 bits per heavy atom. The lowest BCUT2D eigenvalue weighted by atomic mass is 10.2. The first-order chi connectivity index (χ1) is 12.0. The molecule has 0 saturated carbocycles. The molecule has 0 aromatic heterocycles. The Morgan fingerprint density at radius 3 is 2.28 bits per heavy atom. The second kappa shape index (κ2) is 8.73. The lowest BCUT2D eigenvalue weighted by Gasteiger charge is -2.11. The maximum atomic E-state index is 12.0. The summed E-state index contributed by atoms with van der Waals surface area (Å²) in [6.45, 7) is 3.79. The smallest absolute Gasteiger partial charge is 0.243 e. The number of carbonyl (C=O) groups is 2. The molecule has 0 radical (unpaired) electrons. The minimum absolute atomic E-state index is 0.0469. The molecular formula is C19H23N3O3. The van der Waals surface area contributed by atoms with Crippen molar-refractivity contribution in [1.29, 1.82) is 0 Å². The van der Waals surface area contributed by atoms with Crippen molar-refractivity contribution in [2.75, 3.05) is 29.6 Å². The Kier molecular flexibility index (Phi) is 6.39. The Bertz CT molecular complexity index is 727. The van der Waals surface area contributed by atoms with Crippen LogP contribution in [0.3, 0.4) is 0 Å². The van der Waals surface area contributed by atoms with Crippen molar-refractivity contribution in [3.05, 3.63) is 48.5 Å². The van der Waals surface area contributed by atoms with E-state index in [-0.39, 0.29) is 24.3 Å². The predicted octanol–water partition coefficient (Wildman–Crippen LogP) is 3.34. The van der Waals surface area contributed by atoms with E-state index in [4.69, 9.17) is 4.74 Å². The first-order valence-corrected chi connectivity index (χ1v) is 8.06. The van der Waals surface area contributed by atoms with Crippen molar-refractivity contribution in [2.45, 2.75) is 13.8 Å². The summed E-state index contributed by atoms with van der Waals surface area (Å²) in [5, 5.41) is 8.67. The number of carbonyl (C=O) groups excluding carboxylic acids is 2. The number of rotatable bonds is 7. The molecule has 0 bridgehead atoms. The molecule has 0 unspecified atom stereocenters. The molecule has 0 heterocycles. The molecule has 0 atom stereocenters. The molecule has 6 nitrogen and oxygen atoms in total. The number of benzene rings is 2. The van der Waals surface area contributed by atoms with E-state index in [0.717, 1.165) is 11.4 Å². The topological polar surface area (TPSA) is 79.5 Å². The number of hydrogen-bond acceptors (Lipinski definition) is 4. The van der Waals surface area contributed by atoms with Gasteiger partial charge < -0.3 is 20.7 Å². The van der Waals surface area contributed by atoms with Crippen LogP contribution in [0.2, 0.25) is 0 Å². The van der Waals surface area contributed by atoms with Crippen LogP contribution < -0.4 is 20.7 Å². The van der Waals surface area contributed by atoms with Gasteiger partial charge in [0.15, 0.2) is 0 Å². The fraction of sp³-hybridized carbons (Fsp3) is 0.263. The molecule has 0 spiro atoms. The Hall–Kier alpha value is -3.02. The molecule has 0 aliphatic heterocycles. The lowest BCUT2D eigenvalue weighted by Crippen LogP contribution is -2.22. The van der Waals surface area contributed by atoms with Gasteiger partial charge >= 0.3 is 0 Å². The van der Waals surface area contributed by atoms with E-state index in [1.54, 1.807) is 37.4 Å². The van der Waals surface area contributed by atoms with Crippen molar-refractivity contribution < 1.29 is 14.3 Å². The van der Waals surface area contributed by atoms with Crippen LogP contribution in [-0.2, 0) is 9.59 Å². The molecule has 2 aromatic rings. The summed E-state index contributed by atoms with van der Waals surface area (Å²) < 4.78 is 5.08. The van der Waals surface area contributed by atoms with Crippen LogP contribution in [0.4, 0.5) is 17.1 Å². The lowest BCUT2D eigenvalue weighted by molar-refractivity contribution is -0.119. The second-order valence-electron chi connectivity index (χ2n) is 5.85. The largest absolute Gasteiger partial charge is 0.497 e. The number of methoxy groups -OCH3 is 1. The first-order valence-electron chi connectivity index (χ1n) is 8.06. The zero-order valence-electron chi connectivity index (χ0n) is 14.6. The fourth-order valence-corrected chi connectivity index (χ4v) is 2.06. The van der Waals surface area contributed by atoms with Gasteiger partial charge in [0.1, 0.15) is 5.75 Å². The molecule has 2 rings (SSSR count). The van der Waals surface area contributed by atoms with E-state index in [1.165, 1.54) is 0 Å². The average molecular weight is 341 g/mol. The molecule has 3 N–H and O–H groups in total. The highest BCUT2D eigenvalue weighted by Gasteiger charge is 2.08. The number of hydrogen-bond donors (Lipinski definition) is 3. The van der Waals surface area contributed by atoms with E-state index in [9.17, 15) is 9.59 Å². The van der Waals surface area contributed by atoms with Gasteiger partial charge in [-0.15, -0.1) is 0 Å². The molecule has 6 heteroatoms. The van der Waals surface area contributed by atoms with Crippen molar-refractivity contribution >= 4 is 28.9 Å². The summed E-state index contributed by atoms with van der Waals surface area (Å²) in [6.07, 6.45) is 0. The second-order valence-corrected chi connectivity index (χ2v) is 5.85. The molecule has 0 aliphatic rings. The van der Waals surface area contributed by atoms with Gasteiger partial charge in [-0.3, -0.25) is 9.59 Å². The van der Waals surface area contributed by atoms with Crippen molar-refractivity contribution in [3.8, 4) is 5.75 Å². The van der Waals surface area contributed by atoms with E-state index in [2.05, 4.69) is 16.0 Å². The van der Waals surface area contributed by atoms with Gasteiger partial charge in [-0.1, -0.05) is 19.9 Å². The van der Waals surface area contributed by atoms with Gasteiger partial charge in [-0.05, 0) is 42.5 Å². The van der Waals surface area contributed by atoms with Crippen LogP contribution in [0, 0.1) is 5.92 Å². The van der Waals surface area contributed by atoms with E-state index < -0.39 is 0 Å². The zero-order valence-corrected chi connectivity index (χ0v) is 14.6. The van der Waals surface area contributed by atoms with E-state index in [1.807, 2.05) is 32.0 Å². The normalized spacial score (nSPS) is 10.2. The molecule has 25 heavy (non-hydrogen) atoms. The fourth-order valence-electron chi connectivity index (χ4n) is 2.06. The molecule has 2 amide bonds. The van der Waals surface area contributed by atoms with Crippen molar-refractivity contribution in [1.82, 2.24) is 0 Å². The third-order valence-corrected chi connectivity index (χ3v) is 3.48. The maximum absolute atomic E-state index is 12.0. The van der Waals surface area contributed by atoms with Gasteiger partial charge in [0.25, 0.3) is 0 Å². The van der Waals surface area contributed by atoms with Crippen molar-refractivity contribution in [2.24, 2.45) is 5.92 Å². The Labute approximate surface area is 147 Å². The number of amides is 2. The Balaban J connectivity index is 1.87. The summed E-state index contributed by atoms with van der Waals surface area (Å²) in [4.78, 5) is 23.8. The maximum Gasteiger partial charge on any atom is 0.243 e. The summed E-state index contributed by atoms with van der Waals surface area (Å²) in [5.74, 6) is 0.430.